The van der Waals surface area contributed by atoms with Gasteiger partial charge in [-0.3, -0.25) is 4.79 Å². The average molecular weight is 301 g/mol. The van der Waals surface area contributed by atoms with Crippen molar-refractivity contribution in [3.05, 3.63) is 28.2 Å². The molecule has 1 aromatic rings. The molecule has 0 fully saturated rings. The molecule has 1 aromatic carbocycles. The summed E-state index contributed by atoms with van der Waals surface area (Å²) in [4.78, 5) is 12.5. The molecule has 1 atom stereocenters. The number of carboxylic acid groups (broad SMARTS) is 1. The van der Waals surface area contributed by atoms with Gasteiger partial charge in [0.15, 0.2) is 0 Å². The number of hydrogen-bond donors (Lipinski definition) is 2. The van der Waals surface area contributed by atoms with Crippen LogP contribution in [0.4, 0.5) is 5.69 Å². The summed E-state index contributed by atoms with van der Waals surface area (Å²) in [6, 6.07) is 5.62. The Labute approximate surface area is 110 Å². The molecule has 5 heteroatoms. The van der Waals surface area contributed by atoms with Crippen LogP contribution in [0, 0.1) is 0 Å². The predicted octanol–water partition coefficient (Wildman–Crippen LogP) is 2.38. The van der Waals surface area contributed by atoms with Gasteiger partial charge in [0.05, 0.1) is 5.69 Å². The Kier molecular flexibility index (Phi) is 4.96. The molecule has 17 heavy (non-hydrogen) atoms. The van der Waals surface area contributed by atoms with Gasteiger partial charge in [-0.15, -0.1) is 0 Å². The Hall–Kier alpha value is -1.07. The minimum atomic E-state index is -0.815. The van der Waals surface area contributed by atoms with Crippen molar-refractivity contribution in [3.63, 3.8) is 0 Å². The number of rotatable bonds is 5. The van der Waals surface area contributed by atoms with Crippen LogP contribution in [0.2, 0.25) is 0 Å². The summed E-state index contributed by atoms with van der Waals surface area (Å²) < 4.78 is 0.964. The zero-order chi connectivity index (χ0) is 13.0. The zero-order valence-corrected chi connectivity index (χ0v) is 11.6. The van der Waals surface area contributed by atoms with Crippen LogP contribution in [-0.4, -0.2) is 25.2 Å². The number of aliphatic carboxylic acids is 1. The van der Waals surface area contributed by atoms with E-state index >= 15 is 0 Å². The number of carboxylic acids is 1. The highest BCUT2D eigenvalue weighted by Gasteiger charge is 2.11. The summed E-state index contributed by atoms with van der Waals surface area (Å²) in [6.45, 7) is 0. The maximum absolute atomic E-state index is 10.5. The molecule has 0 aliphatic rings. The maximum atomic E-state index is 10.5. The summed E-state index contributed by atoms with van der Waals surface area (Å²) in [5, 5.41) is 8.61. The third kappa shape index (κ3) is 4.02. The summed E-state index contributed by atoms with van der Waals surface area (Å²) in [5.74, 6) is -0.815. The Morgan fingerprint density at radius 1 is 1.53 bits per heavy atom. The van der Waals surface area contributed by atoms with Crippen molar-refractivity contribution in [1.82, 2.24) is 0 Å². The van der Waals surface area contributed by atoms with Crippen molar-refractivity contribution in [2.45, 2.75) is 18.9 Å². The van der Waals surface area contributed by atoms with Crippen LogP contribution >= 0.6 is 15.9 Å². The van der Waals surface area contributed by atoms with E-state index in [1.54, 1.807) is 0 Å². The number of hydrogen-bond acceptors (Lipinski definition) is 3. The van der Waals surface area contributed by atoms with Crippen molar-refractivity contribution in [2.75, 3.05) is 19.0 Å². The van der Waals surface area contributed by atoms with Crippen molar-refractivity contribution in [1.29, 1.82) is 0 Å². The van der Waals surface area contributed by atoms with E-state index in [-0.39, 0.29) is 12.5 Å². The molecule has 0 aliphatic heterocycles. The fourth-order valence-electron chi connectivity index (χ4n) is 1.56. The summed E-state index contributed by atoms with van der Waals surface area (Å²) in [5.41, 5.74) is 7.96. The molecule has 0 amide bonds. The molecule has 1 unspecified atom stereocenters. The lowest BCUT2D eigenvalue weighted by Gasteiger charge is -2.17. The van der Waals surface area contributed by atoms with Crippen LogP contribution in [0.1, 0.15) is 24.4 Å². The number of halogens is 1. The largest absolute Gasteiger partial charge is 0.481 e. The molecule has 0 bridgehead atoms. The molecule has 4 nitrogen and oxygen atoms in total. The average Bonchev–Trinajstić information content (AvgIpc) is 2.25. The van der Waals surface area contributed by atoms with E-state index in [1.807, 2.05) is 37.2 Å². The highest BCUT2D eigenvalue weighted by Crippen LogP contribution is 2.28. The molecule has 94 valence electrons. The van der Waals surface area contributed by atoms with E-state index in [0.717, 1.165) is 15.7 Å². The van der Waals surface area contributed by atoms with E-state index in [1.165, 1.54) is 0 Å². The SMILES string of the molecule is CN(C)c1ccc(C(N)CCC(=O)O)cc1Br. The Morgan fingerprint density at radius 3 is 2.65 bits per heavy atom. The molecule has 0 aromatic heterocycles. The Bertz CT molecular complexity index is 407. The zero-order valence-electron chi connectivity index (χ0n) is 9.98. The third-order valence-corrected chi connectivity index (χ3v) is 3.19. The van der Waals surface area contributed by atoms with Gasteiger partial charge in [0.1, 0.15) is 0 Å². The van der Waals surface area contributed by atoms with Gasteiger partial charge in [-0.05, 0) is 40.0 Å². The molecule has 0 radical (unpaired) electrons. The minimum Gasteiger partial charge on any atom is -0.481 e. The fraction of sp³-hybridized carbons (Fsp3) is 0.417. The molecule has 0 spiro atoms. The van der Waals surface area contributed by atoms with Crippen LogP contribution in [0.15, 0.2) is 22.7 Å². The standard InChI is InChI=1S/C12H17BrN2O2/c1-15(2)11-5-3-8(7-9(11)13)10(14)4-6-12(16)17/h3,5,7,10H,4,6,14H2,1-2H3,(H,16,17). The van der Waals surface area contributed by atoms with Crippen LogP contribution in [-0.2, 0) is 4.79 Å². The highest BCUT2D eigenvalue weighted by atomic mass is 79.9. The van der Waals surface area contributed by atoms with E-state index in [0.29, 0.717) is 6.42 Å². The summed E-state index contributed by atoms with van der Waals surface area (Å²) in [6.07, 6.45) is 0.539. The second-order valence-electron chi connectivity index (χ2n) is 4.14. The molecule has 1 rings (SSSR count). The number of benzene rings is 1. The second-order valence-corrected chi connectivity index (χ2v) is 5.00. The van der Waals surface area contributed by atoms with Gasteiger partial charge in [-0.2, -0.15) is 0 Å². The first kappa shape index (κ1) is 14.0. The van der Waals surface area contributed by atoms with Gasteiger partial charge >= 0.3 is 5.97 Å². The van der Waals surface area contributed by atoms with Crippen molar-refractivity contribution in [2.24, 2.45) is 5.73 Å². The molecule has 0 saturated heterocycles. The van der Waals surface area contributed by atoms with Crippen molar-refractivity contribution < 1.29 is 9.90 Å². The smallest absolute Gasteiger partial charge is 0.303 e. The van der Waals surface area contributed by atoms with Gasteiger partial charge in [-0.25, -0.2) is 0 Å². The number of anilines is 1. The lowest BCUT2D eigenvalue weighted by molar-refractivity contribution is -0.137. The second kappa shape index (κ2) is 6.02. The first-order valence-corrected chi connectivity index (χ1v) is 6.15. The minimum absolute atomic E-state index is 0.0915. The molecule has 0 heterocycles. The Balaban J connectivity index is 2.78. The first-order chi connectivity index (χ1) is 7.91. The predicted molar refractivity (Wildman–Crippen MR) is 72.3 cm³/mol. The van der Waals surface area contributed by atoms with Gasteiger partial charge in [0, 0.05) is 31.0 Å². The van der Waals surface area contributed by atoms with Gasteiger partial charge in [0.2, 0.25) is 0 Å². The van der Waals surface area contributed by atoms with Gasteiger partial charge < -0.3 is 15.7 Å². The van der Waals surface area contributed by atoms with Crippen LogP contribution in [0.3, 0.4) is 0 Å². The van der Waals surface area contributed by atoms with Crippen LogP contribution in [0.5, 0.6) is 0 Å². The molecular weight excluding hydrogens is 284 g/mol. The van der Waals surface area contributed by atoms with E-state index in [9.17, 15) is 4.79 Å². The van der Waals surface area contributed by atoms with Gasteiger partial charge in [-0.1, -0.05) is 6.07 Å². The molecular formula is C12H17BrN2O2. The topological polar surface area (TPSA) is 66.6 Å². The Morgan fingerprint density at radius 2 is 2.18 bits per heavy atom. The summed E-state index contributed by atoms with van der Waals surface area (Å²) >= 11 is 3.48. The van der Waals surface area contributed by atoms with Crippen molar-refractivity contribution >= 4 is 27.6 Å². The number of carbonyl (C=O) groups is 1. The molecule has 0 aliphatic carbocycles. The molecule has 3 N–H and O–H groups in total. The monoisotopic (exact) mass is 300 g/mol. The number of nitrogens with zero attached hydrogens (tertiary/aromatic N) is 1. The van der Waals surface area contributed by atoms with Crippen LogP contribution < -0.4 is 10.6 Å². The normalized spacial score (nSPS) is 12.2. The highest BCUT2D eigenvalue weighted by molar-refractivity contribution is 9.10. The first-order valence-electron chi connectivity index (χ1n) is 5.36. The van der Waals surface area contributed by atoms with Crippen molar-refractivity contribution in [3.8, 4) is 0 Å². The summed E-state index contributed by atoms with van der Waals surface area (Å²) in [7, 11) is 3.92. The van der Waals surface area contributed by atoms with Gasteiger partial charge in [0.25, 0.3) is 0 Å². The van der Waals surface area contributed by atoms with E-state index < -0.39 is 5.97 Å². The quantitative estimate of drug-likeness (QED) is 0.876. The van der Waals surface area contributed by atoms with E-state index in [4.69, 9.17) is 10.8 Å². The lowest BCUT2D eigenvalue weighted by Crippen LogP contribution is -2.14. The lowest BCUT2D eigenvalue weighted by atomic mass is 10.0. The third-order valence-electron chi connectivity index (χ3n) is 2.55. The molecule has 0 saturated carbocycles. The fourth-order valence-corrected chi connectivity index (χ4v) is 2.31. The number of nitrogens with two attached hydrogens (primary N) is 1. The van der Waals surface area contributed by atoms with Crippen LogP contribution in [0.25, 0.3) is 0 Å². The van der Waals surface area contributed by atoms with E-state index in [2.05, 4.69) is 15.9 Å². The maximum Gasteiger partial charge on any atom is 0.303 e.